The topological polar surface area (TPSA) is 43.4 Å². The minimum Gasteiger partial charge on any atom is -0.381 e. The van der Waals surface area contributed by atoms with Crippen LogP contribution < -0.4 is 0 Å². The Bertz CT molecular complexity index is 278. The molecule has 7 heteroatoms. The molecule has 0 saturated heterocycles. The van der Waals surface area contributed by atoms with Gasteiger partial charge in [0, 0.05) is 6.42 Å². The maximum Gasteiger partial charge on any atom is 0.534 e. The molecule has 0 saturated carbocycles. The summed E-state index contributed by atoms with van der Waals surface area (Å²) in [4.78, 5) is 0. The normalized spacial score (nSPS) is 12.6. The third-order valence-electron chi connectivity index (χ3n) is 1.04. The number of rotatable bonds is 4. The van der Waals surface area contributed by atoms with Crippen LogP contribution in [0.2, 0.25) is 0 Å². The molecule has 0 aromatic rings. The zero-order chi connectivity index (χ0) is 10.7. The van der Waals surface area contributed by atoms with Crippen LogP contribution in [0.25, 0.3) is 0 Å². The number of hydrogen-bond acceptors (Lipinski definition) is 3. The first kappa shape index (κ1) is 12.3. The Hall–Kier alpha value is -0.720. The van der Waals surface area contributed by atoms with Crippen molar-refractivity contribution in [3.8, 4) is 0 Å². The minimum atomic E-state index is -5.52. The third kappa shape index (κ3) is 3.67. The molecule has 0 rings (SSSR count). The molecule has 78 valence electrons. The summed E-state index contributed by atoms with van der Waals surface area (Å²) < 4.78 is 59.4. The Morgan fingerprint density at radius 2 is 1.92 bits per heavy atom. The quantitative estimate of drug-likeness (QED) is 0.412. The van der Waals surface area contributed by atoms with E-state index in [1.165, 1.54) is 0 Å². The molecule has 0 aromatic heterocycles. The smallest absolute Gasteiger partial charge is 0.381 e. The molecule has 0 radical (unpaired) electrons. The fourth-order valence-corrected chi connectivity index (χ4v) is 1.01. The number of halogens is 3. The van der Waals surface area contributed by atoms with Crippen LogP contribution in [0, 0.1) is 0 Å². The van der Waals surface area contributed by atoms with Crippen molar-refractivity contribution in [2.75, 3.05) is 0 Å². The van der Waals surface area contributed by atoms with Gasteiger partial charge in [-0.1, -0.05) is 13.5 Å². The van der Waals surface area contributed by atoms with Crippen LogP contribution >= 0.6 is 0 Å². The Morgan fingerprint density at radius 1 is 1.46 bits per heavy atom. The molecule has 3 nitrogen and oxygen atoms in total. The van der Waals surface area contributed by atoms with E-state index in [-0.39, 0.29) is 6.42 Å². The highest BCUT2D eigenvalue weighted by Gasteiger charge is 2.48. The fraction of sp³-hybridized carbons (Fsp3) is 0.667. The second-order valence-corrected chi connectivity index (χ2v) is 3.81. The van der Waals surface area contributed by atoms with Gasteiger partial charge in [-0.3, -0.25) is 0 Å². The van der Waals surface area contributed by atoms with Crippen molar-refractivity contribution in [2.24, 2.45) is 0 Å². The van der Waals surface area contributed by atoms with Crippen molar-refractivity contribution in [1.29, 1.82) is 0 Å². The van der Waals surface area contributed by atoms with E-state index in [1.807, 2.05) is 0 Å². The highest BCUT2D eigenvalue weighted by molar-refractivity contribution is 7.87. The van der Waals surface area contributed by atoms with Gasteiger partial charge in [0.15, 0.2) is 0 Å². The monoisotopic (exact) mass is 218 g/mol. The molecule has 0 fully saturated rings. The van der Waals surface area contributed by atoms with Crippen LogP contribution in [-0.4, -0.2) is 13.9 Å². The maximum absolute atomic E-state index is 11.7. The lowest BCUT2D eigenvalue weighted by atomic mass is 10.3. The summed E-state index contributed by atoms with van der Waals surface area (Å²) >= 11 is 0. The van der Waals surface area contributed by atoms with Gasteiger partial charge < -0.3 is 4.18 Å². The Morgan fingerprint density at radius 3 is 2.23 bits per heavy atom. The average Bonchev–Trinajstić information content (AvgIpc) is 1.83. The third-order valence-corrected chi connectivity index (χ3v) is 2.06. The minimum absolute atomic E-state index is 0.0787. The SMILES string of the molecule is C=C(CCC)OS(=O)(=O)C(F)(F)F. The van der Waals surface area contributed by atoms with Gasteiger partial charge in [-0.2, -0.15) is 21.6 Å². The van der Waals surface area contributed by atoms with E-state index in [1.54, 1.807) is 6.92 Å². The zero-order valence-corrected chi connectivity index (χ0v) is 7.70. The van der Waals surface area contributed by atoms with Gasteiger partial charge in [-0.15, -0.1) is 0 Å². The maximum atomic E-state index is 11.7. The Balaban J connectivity index is 4.46. The van der Waals surface area contributed by atoms with Gasteiger partial charge in [-0.05, 0) is 6.42 Å². The van der Waals surface area contributed by atoms with Crippen molar-refractivity contribution < 1.29 is 25.8 Å². The zero-order valence-electron chi connectivity index (χ0n) is 6.89. The van der Waals surface area contributed by atoms with E-state index in [2.05, 4.69) is 10.8 Å². The molecule has 0 aromatic carbocycles. The van der Waals surface area contributed by atoms with Crippen molar-refractivity contribution >= 4 is 10.1 Å². The second-order valence-electron chi connectivity index (χ2n) is 2.27. The van der Waals surface area contributed by atoms with Crippen LogP contribution in [0.15, 0.2) is 12.3 Å². The Kier molecular flexibility index (Phi) is 3.77. The van der Waals surface area contributed by atoms with E-state index in [0.717, 1.165) is 0 Å². The number of alkyl halides is 3. The first-order valence-electron chi connectivity index (χ1n) is 3.39. The van der Waals surface area contributed by atoms with Crippen molar-refractivity contribution in [3.63, 3.8) is 0 Å². The molecule has 0 unspecified atom stereocenters. The standard InChI is InChI=1S/C6H9F3O3S/c1-3-4-5(2)12-13(10,11)6(7,8)9/h2-4H2,1H3. The molecule has 13 heavy (non-hydrogen) atoms. The summed E-state index contributed by atoms with van der Waals surface area (Å²) in [6, 6.07) is 0. The summed E-state index contributed by atoms with van der Waals surface area (Å²) in [6.45, 7) is 4.70. The van der Waals surface area contributed by atoms with Gasteiger partial charge in [0.05, 0.1) is 0 Å². The van der Waals surface area contributed by atoms with Gasteiger partial charge in [-0.25, -0.2) is 0 Å². The van der Waals surface area contributed by atoms with E-state index in [9.17, 15) is 21.6 Å². The van der Waals surface area contributed by atoms with E-state index in [4.69, 9.17) is 0 Å². The lowest BCUT2D eigenvalue weighted by Gasteiger charge is -2.10. The van der Waals surface area contributed by atoms with Gasteiger partial charge in [0.1, 0.15) is 5.76 Å². The molecule has 0 aliphatic rings. The highest BCUT2D eigenvalue weighted by Crippen LogP contribution is 2.26. The van der Waals surface area contributed by atoms with Crippen LogP contribution in [0.4, 0.5) is 13.2 Å². The van der Waals surface area contributed by atoms with Gasteiger partial charge in [0.2, 0.25) is 0 Å². The molecular formula is C6H9F3O3S. The Labute approximate surface area is 74.3 Å². The second kappa shape index (κ2) is 3.99. The largest absolute Gasteiger partial charge is 0.534 e. The first-order chi connectivity index (χ1) is 5.70. The molecule has 0 bridgehead atoms. The molecule has 0 atom stereocenters. The summed E-state index contributed by atoms with van der Waals surface area (Å²) in [5.74, 6) is -0.403. The van der Waals surface area contributed by atoms with Gasteiger partial charge >= 0.3 is 15.6 Å². The summed E-state index contributed by atoms with van der Waals surface area (Å²) in [5.41, 5.74) is -5.39. The molecule has 0 aliphatic carbocycles. The van der Waals surface area contributed by atoms with E-state index < -0.39 is 21.4 Å². The van der Waals surface area contributed by atoms with Gasteiger partial charge in [0.25, 0.3) is 0 Å². The molecule has 0 spiro atoms. The van der Waals surface area contributed by atoms with Crippen molar-refractivity contribution in [2.45, 2.75) is 25.3 Å². The fourth-order valence-electron chi connectivity index (χ4n) is 0.523. The number of allylic oxidation sites excluding steroid dienone is 1. The summed E-state index contributed by atoms with van der Waals surface area (Å²) in [5, 5.41) is 0. The van der Waals surface area contributed by atoms with Crippen LogP contribution in [-0.2, 0) is 14.3 Å². The molecular weight excluding hydrogens is 209 g/mol. The molecule has 0 N–H and O–H groups in total. The summed E-state index contributed by atoms with van der Waals surface area (Å²) in [7, 11) is -5.52. The van der Waals surface area contributed by atoms with Crippen molar-refractivity contribution in [1.82, 2.24) is 0 Å². The van der Waals surface area contributed by atoms with E-state index in [0.29, 0.717) is 6.42 Å². The number of hydrogen-bond donors (Lipinski definition) is 0. The predicted octanol–water partition coefficient (Wildman–Crippen LogP) is 2.17. The lowest BCUT2D eigenvalue weighted by molar-refractivity contribution is -0.0523. The predicted molar refractivity (Wildman–Crippen MR) is 40.1 cm³/mol. The molecule has 0 aliphatic heterocycles. The first-order valence-corrected chi connectivity index (χ1v) is 4.80. The molecule has 0 heterocycles. The lowest BCUT2D eigenvalue weighted by Crippen LogP contribution is -2.25. The van der Waals surface area contributed by atoms with Crippen LogP contribution in [0.1, 0.15) is 19.8 Å². The van der Waals surface area contributed by atoms with Crippen molar-refractivity contribution in [3.05, 3.63) is 12.3 Å². The highest BCUT2D eigenvalue weighted by atomic mass is 32.2. The van der Waals surface area contributed by atoms with Crippen LogP contribution in [0.5, 0.6) is 0 Å². The average molecular weight is 218 g/mol. The van der Waals surface area contributed by atoms with E-state index >= 15 is 0 Å². The molecule has 0 amide bonds. The summed E-state index contributed by atoms with van der Waals surface area (Å²) in [6.07, 6.45) is 0.543. The van der Waals surface area contributed by atoms with Crippen LogP contribution in [0.3, 0.4) is 0 Å².